The Bertz CT molecular complexity index is 456. The van der Waals surface area contributed by atoms with Gasteiger partial charge in [-0.05, 0) is 6.92 Å². The van der Waals surface area contributed by atoms with Gasteiger partial charge in [0, 0.05) is 11.8 Å². The summed E-state index contributed by atoms with van der Waals surface area (Å²) in [6.07, 6.45) is 1.56. The van der Waals surface area contributed by atoms with Gasteiger partial charge in [0.25, 0.3) is 5.56 Å². The highest BCUT2D eigenvalue weighted by Gasteiger charge is 2.12. The van der Waals surface area contributed by atoms with Crippen molar-refractivity contribution in [3.05, 3.63) is 32.6 Å². The van der Waals surface area contributed by atoms with E-state index in [1.807, 2.05) is 5.01 Å². The number of aryl methyl sites for hydroxylation is 1. The van der Waals surface area contributed by atoms with Gasteiger partial charge in [0.2, 0.25) is 0 Å². The molecule has 0 radical (unpaired) electrons. The molecule has 0 atom stereocenters. The standard InChI is InChI=1S/C9H13N3O3/c1-7-6-12(9(14)10-8(7)13)11-2-4-15-5-3-11/h6H,2-5H2,1H3,(H,10,13,14). The normalized spacial score (nSPS) is 16.7. The Morgan fingerprint density at radius 1 is 1.33 bits per heavy atom. The zero-order valence-corrected chi connectivity index (χ0v) is 8.52. The minimum atomic E-state index is -0.396. The van der Waals surface area contributed by atoms with E-state index in [4.69, 9.17) is 4.74 Å². The first-order valence-electron chi connectivity index (χ1n) is 4.84. The van der Waals surface area contributed by atoms with Gasteiger partial charge in [-0.2, -0.15) is 0 Å². The van der Waals surface area contributed by atoms with Crippen molar-refractivity contribution < 1.29 is 4.74 Å². The Hall–Kier alpha value is -1.56. The van der Waals surface area contributed by atoms with E-state index in [1.54, 1.807) is 13.1 Å². The van der Waals surface area contributed by atoms with E-state index in [9.17, 15) is 9.59 Å². The Morgan fingerprint density at radius 3 is 2.67 bits per heavy atom. The number of hydrogen-bond donors (Lipinski definition) is 1. The minimum absolute atomic E-state index is 0.329. The van der Waals surface area contributed by atoms with Crippen LogP contribution in [0.25, 0.3) is 0 Å². The van der Waals surface area contributed by atoms with Crippen LogP contribution in [0.15, 0.2) is 15.8 Å². The van der Waals surface area contributed by atoms with Gasteiger partial charge >= 0.3 is 5.69 Å². The number of nitrogens with zero attached hydrogens (tertiary/aromatic N) is 2. The highest BCUT2D eigenvalue weighted by Crippen LogP contribution is 1.94. The lowest BCUT2D eigenvalue weighted by Gasteiger charge is -2.29. The molecule has 0 amide bonds. The number of aromatic nitrogens is 2. The number of aromatic amines is 1. The summed E-state index contributed by atoms with van der Waals surface area (Å²) in [5, 5.41) is 1.86. The molecular formula is C9H13N3O3. The van der Waals surface area contributed by atoms with E-state index < -0.39 is 5.69 Å². The Kier molecular flexibility index (Phi) is 2.59. The Balaban J connectivity index is 2.39. The summed E-state index contributed by atoms with van der Waals surface area (Å²) in [6, 6.07) is 0. The number of rotatable bonds is 1. The zero-order chi connectivity index (χ0) is 10.8. The van der Waals surface area contributed by atoms with E-state index in [-0.39, 0.29) is 5.56 Å². The van der Waals surface area contributed by atoms with Gasteiger partial charge in [-0.25, -0.2) is 9.47 Å². The van der Waals surface area contributed by atoms with Crippen molar-refractivity contribution in [2.45, 2.75) is 6.92 Å². The SMILES string of the molecule is Cc1cn(N2CCOCC2)c(=O)[nH]c1=O. The lowest BCUT2D eigenvalue weighted by Crippen LogP contribution is -2.50. The summed E-state index contributed by atoms with van der Waals surface area (Å²) < 4.78 is 6.63. The molecule has 1 saturated heterocycles. The molecule has 2 rings (SSSR count). The maximum absolute atomic E-state index is 11.5. The van der Waals surface area contributed by atoms with E-state index in [2.05, 4.69) is 4.98 Å². The van der Waals surface area contributed by atoms with Gasteiger partial charge in [-0.15, -0.1) is 0 Å². The lowest BCUT2D eigenvalue weighted by atomic mass is 10.4. The van der Waals surface area contributed by atoms with Crippen molar-refractivity contribution >= 4 is 0 Å². The molecule has 1 fully saturated rings. The summed E-state index contributed by atoms with van der Waals surface area (Å²) in [5.74, 6) is 0. The van der Waals surface area contributed by atoms with Crippen LogP contribution in [0.2, 0.25) is 0 Å². The molecule has 1 aromatic heterocycles. The fourth-order valence-corrected chi connectivity index (χ4v) is 1.53. The van der Waals surface area contributed by atoms with Gasteiger partial charge in [0.1, 0.15) is 0 Å². The van der Waals surface area contributed by atoms with Crippen LogP contribution in [-0.4, -0.2) is 36.0 Å². The van der Waals surface area contributed by atoms with E-state index in [0.717, 1.165) is 0 Å². The van der Waals surface area contributed by atoms with Crippen LogP contribution >= 0.6 is 0 Å². The summed E-state index contributed by atoms with van der Waals surface area (Å²) in [6.45, 7) is 4.20. The van der Waals surface area contributed by atoms with Crippen molar-refractivity contribution in [1.29, 1.82) is 0 Å². The van der Waals surface area contributed by atoms with Gasteiger partial charge in [-0.3, -0.25) is 9.78 Å². The maximum atomic E-state index is 11.5. The predicted octanol–water partition coefficient (Wildman–Crippen LogP) is -1.19. The van der Waals surface area contributed by atoms with Crippen molar-refractivity contribution in [1.82, 2.24) is 9.66 Å². The molecule has 6 heteroatoms. The highest BCUT2D eigenvalue weighted by molar-refractivity contribution is 5.04. The first-order valence-corrected chi connectivity index (χ1v) is 4.84. The molecule has 0 bridgehead atoms. The number of ether oxygens (including phenoxy) is 1. The topological polar surface area (TPSA) is 67.3 Å². The van der Waals surface area contributed by atoms with Crippen LogP contribution in [0.3, 0.4) is 0 Å². The van der Waals surface area contributed by atoms with Crippen LogP contribution < -0.4 is 16.3 Å². The van der Waals surface area contributed by atoms with Gasteiger partial charge in [0.05, 0.1) is 26.3 Å². The van der Waals surface area contributed by atoms with Crippen molar-refractivity contribution in [2.75, 3.05) is 31.3 Å². The Labute approximate surface area is 86.1 Å². The Morgan fingerprint density at radius 2 is 2.00 bits per heavy atom. The molecule has 0 spiro atoms. The first kappa shape index (κ1) is 9.97. The van der Waals surface area contributed by atoms with Gasteiger partial charge < -0.3 is 9.75 Å². The molecule has 0 aromatic carbocycles. The second kappa shape index (κ2) is 3.90. The molecule has 1 aromatic rings. The monoisotopic (exact) mass is 211 g/mol. The van der Waals surface area contributed by atoms with Gasteiger partial charge in [-0.1, -0.05) is 0 Å². The quantitative estimate of drug-likeness (QED) is 0.634. The van der Waals surface area contributed by atoms with Crippen molar-refractivity contribution in [3.63, 3.8) is 0 Å². The number of H-pyrrole nitrogens is 1. The molecule has 0 aliphatic carbocycles. The third-order valence-corrected chi connectivity index (χ3v) is 2.39. The summed E-state index contributed by atoms with van der Waals surface area (Å²) in [4.78, 5) is 25.0. The number of hydrogen-bond acceptors (Lipinski definition) is 4. The molecule has 2 heterocycles. The molecule has 82 valence electrons. The lowest BCUT2D eigenvalue weighted by molar-refractivity contribution is 0.110. The van der Waals surface area contributed by atoms with Crippen LogP contribution in [0.5, 0.6) is 0 Å². The van der Waals surface area contributed by atoms with E-state index in [1.165, 1.54) is 4.68 Å². The third-order valence-electron chi connectivity index (χ3n) is 2.39. The largest absolute Gasteiger partial charge is 0.378 e. The molecular weight excluding hydrogens is 198 g/mol. The summed E-state index contributed by atoms with van der Waals surface area (Å²) in [5.41, 5.74) is -0.196. The number of nitrogens with one attached hydrogen (secondary N) is 1. The fourth-order valence-electron chi connectivity index (χ4n) is 1.53. The molecule has 6 nitrogen and oxygen atoms in total. The molecule has 0 saturated carbocycles. The fraction of sp³-hybridized carbons (Fsp3) is 0.556. The van der Waals surface area contributed by atoms with Crippen LogP contribution in [0.1, 0.15) is 5.56 Å². The second-order valence-electron chi connectivity index (χ2n) is 3.48. The zero-order valence-electron chi connectivity index (χ0n) is 8.52. The molecule has 1 aliphatic rings. The molecule has 1 aliphatic heterocycles. The van der Waals surface area contributed by atoms with Crippen molar-refractivity contribution in [2.24, 2.45) is 0 Å². The predicted molar refractivity (Wildman–Crippen MR) is 54.8 cm³/mol. The van der Waals surface area contributed by atoms with Crippen LogP contribution in [0.4, 0.5) is 0 Å². The smallest absolute Gasteiger partial charge is 0.347 e. The van der Waals surface area contributed by atoms with Gasteiger partial charge in [0.15, 0.2) is 0 Å². The second-order valence-corrected chi connectivity index (χ2v) is 3.48. The summed E-state index contributed by atoms with van der Waals surface area (Å²) >= 11 is 0. The van der Waals surface area contributed by atoms with Crippen molar-refractivity contribution in [3.8, 4) is 0 Å². The third kappa shape index (κ3) is 1.94. The molecule has 0 unspecified atom stereocenters. The van der Waals surface area contributed by atoms with Crippen LogP contribution in [0, 0.1) is 6.92 Å². The number of morpholine rings is 1. The summed E-state index contributed by atoms with van der Waals surface area (Å²) in [7, 11) is 0. The molecule has 15 heavy (non-hydrogen) atoms. The average Bonchev–Trinajstić information content (AvgIpc) is 2.25. The van der Waals surface area contributed by atoms with Crippen LogP contribution in [-0.2, 0) is 4.74 Å². The minimum Gasteiger partial charge on any atom is -0.378 e. The average molecular weight is 211 g/mol. The first-order chi connectivity index (χ1) is 7.18. The highest BCUT2D eigenvalue weighted by atomic mass is 16.5. The van der Waals surface area contributed by atoms with E-state index >= 15 is 0 Å². The molecule has 1 N–H and O–H groups in total. The van der Waals surface area contributed by atoms with E-state index in [0.29, 0.717) is 31.9 Å². The maximum Gasteiger partial charge on any atom is 0.347 e.